The van der Waals surface area contributed by atoms with Gasteiger partial charge in [-0.2, -0.15) is 11.3 Å². The molecule has 0 spiro atoms. The molecule has 0 bridgehead atoms. The minimum Gasteiger partial charge on any atom is -0.370 e. The fourth-order valence-electron chi connectivity index (χ4n) is 2.17. The molecular weight excluding hydrogens is 266 g/mol. The zero-order valence-electron chi connectivity index (χ0n) is 12.5. The summed E-state index contributed by atoms with van der Waals surface area (Å²) in [6.45, 7) is 7.28. The molecule has 3 nitrogen and oxygen atoms in total. The van der Waals surface area contributed by atoms with Crippen LogP contribution in [0.1, 0.15) is 25.0 Å². The summed E-state index contributed by atoms with van der Waals surface area (Å²) >= 11 is 1.75. The van der Waals surface area contributed by atoms with Gasteiger partial charge in [-0.15, -0.1) is 0 Å². The quantitative estimate of drug-likeness (QED) is 0.845. The molecule has 2 aromatic rings. The highest BCUT2D eigenvalue weighted by atomic mass is 32.1. The number of pyridine rings is 1. The van der Waals surface area contributed by atoms with Crippen molar-refractivity contribution in [3.05, 3.63) is 46.4 Å². The molecule has 108 valence electrons. The van der Waals surface area contributed by atoms with Crippen molar-refractivity contribution < 1.29 is 0 Å². The highest BCUT2D eigenvalue weighted by molar-refractivity contribution is 7.07. The van der Waals surface area contributed by atoms with Gasteiger partial charge in [0, 0.05) is 43.8 Å². The first kappa shape index (κ1) is 15.0. The Hall–Kier alpha value is -1.39. The predicted octanol–water partition coefficient (Wildman–Crippen LogP) is 3.53. The van der Waals surface area contributed by atoms with Crippen molar-refractivity contribution in [3.63, 3.8) is 0 Å². The van der Waals surface area contributed by atoms with Gasteiger partial charge in [0.15, 0.2) is 0 Å². The Bertz CT molecular complexity index is 508. The maximum Gasteiger partial charge on any atom is 0.0443 e. The highest BCUT2D eigenvalue weighted by Gasteiger charge is 2.08. The third kappa shape index (κ3) is 4.32. The predicted molar refractivity (Wildman–Crippen MR) is 87.2 cm³/mol. The molecule has 0 aromatic carbocycles. The normalized spacial score (nSPS) is 11.0. The molecule has 0 saturated carbocycles. The lowest BCUT2D eigenvalue weighted by Crippen LogP contribution is -2.23. The van der Waals surface area contributed by atoms with Crippen molar-refractivity contribution in [2.75, 3.05) is 18.5 Å². The van der Waals surface area contributed by atoms with E-state index in [9.17, 15) is 0 Å². The largest absolute Gasteiger partial charge is 0.370 e. The van der Waals surface area contributed by atoms with Gasteiger partial charge < -0.3 is 10.2 Å². The first-order valence-corrected chi connectivity index (χ1v) is 7.97. The standard InChI is InChI=1S/C16H23N3S/c1-13(2)8-18-10-15-9-17-6-4-16(15)19(3)11-14-5-7-20-12-14/h4-7,9,12-13,18H,8,10-11H2,1-3H3. The fourth-order valence-corrected chi connectivity index (χ4v) is 2.83. The Morgan fingerprint density at radius 3 is 2.90 bits per heavy atom. The minimum atomic E-state index is 0.665. The summed E-state index contributed by atoms with van der Waals surface area (Å²) in [6.07, 6.45) is 3.83. The molecular formula is C16H23N3S. The number of nitrogens with one attached hydrogen (secondary N) is 1. The van der Waals surface area contributed by atoms with Crippen LogP contribution in [0.4, 0.5) is 5.69 Å². The van der Waals surface area contributed by atoms with Crippen molar-refractivity contribution in [2.24, 2.45) is 5.92 Å². The molecule has 0 aliphatic heterocycles. The van der Waals surface area contributed by atoms with E-state index in [-0.39, 0.29) is 0 Å². The molecule has 0 amide bonds. The summed E-state index contributed by atoms with van der Waals surface area (Å²) in [5.74, 6) is 0.665. The van der Waals surface area contributed by atoms with Gasteiger partial charge in [-0.25, -0.2) is 0 Å². The van der Waals surface area contributed by atoms with Gasteiger partial charge in [-0.1, -0.05) is 13.8 Å². The number of anilines is 1. The lowest BCUT2D eigenvalue weighted by molar-refractivity contribution is 0.551. The van der Waals surface area contributed by atoms with E-state index in [1.54, 1.807) is 11.3 Å². The van der Waals surface area contributed by atoms with E-state index < -0.39 is 0 Å². The summed E-state index contributed by atoms with van der Waals surface area (Å²) in [5.41, 5.74) is 3.86. The van der Waals surface area contributed by atoms with Gasteiger partial charge in [-0.05, 0) is 40.9 Å². The van der Waals surface area contributed by atoms with Crippen molar-refractivity contribution in [1.82, 2.24) is 10.3 Å². The second-order valence-corrected chi connectivity index (χ2v) is 6.30. The lowest BCUT2D eigenvalue weighted by atomic mass is 10.2. The van der Waals surface area contributed by atoms with Crippen molar-refractivity contribution >= 4 is 17.0 Å². The smallest absolute Gasteiger partial charge is 0.0443 e. The van der Waals surface area contributed by atoms with Crippen LogP contribution in [0.3, 0.4) is 0 Å². The van der Waals surface area contributed by atoms with Gasteiger partial charge in [0.25, 0.3) is 0 Å². The lowest BCUT2D eigenvalue weighted by Gasteiger charge is -2.22. The zero-order chi connectivity index (χ0) is 14.4. The Labute approximate surface area is 125 Å². The summed E-state index contributed by atoms with van der Waals surface area (Å²) in [6, 6.07) is 4.28. The summed E-state index contributed by atoms with van der Waals surface area (Å²) in [7, 11) is 2.14. The topological polar surface area (TPSA) is 28.2 Å². The zero-order valence-corrected chi connectivity index (χ0v) is 13.3. The van der Waals surface area contributed by atoms with Crippen LogP contribution in [0.5, 0.6) is 0 Å². The molecule has 1 N–H and O–H groups in total. The first-order chi connectivity index (χ1) is 9.66. The second-order valence-electron chi connectivity index (χ2n) is 5.52. The van der Waals surface area contributed by atoms with Crippen LogP contribution < -0.4 is 10.2 Å². The van der Waals surface area contributed by atoms with Crippen molar-refractivity contribution in [2.45, 2.75) is 26.9 Å². The van der Waals surface area contributed by atoms with Crippen LogP contribution in [-0.2, 0) is 13.1 Å². The average Bonchev–Trinajstić information content (AvgIpc) is 2.91. The first-order valence-electron chi connectivity index (χ1n) is 7.02. The van der Waals surface area contributed by atoms with Gasteiger partial charge in [0.2, 0.25) is 0 Å². The summed E-state index contributed by atoms with van der Waals surface area (Å²) < 4.78 is 0. The van der Waals surface area contributed by atoms with E-state index in [1.807, 2.05) is 12.4 Å². The Kier molecular flexibility index (Phi) is 5.56. The van der Waals surface area contributed by atoms with E-state index in [0.29, 0.717) is 5.92 Å². The monoisotopic (exact) mass is 289 g/mol. The Balaban J connectivity index is 2.02. The second kappa shape index (κ2) is 7.41. The molecule has 0 unspecified atom stereocenters. The van der Waals surface area contributed by atoms with Crippen LogP contribution in [0, 0.1) is 5.92 Å². The summed E-state index contributed by atoms with van der Waals surface area (Å²) in [4.78, 5) is 6.55. The maximum absolute atomic E-state index is 4.26. The van der Waals surface area contributed by atoms with Crippen LogP contribution >= 0.6 is 11.3 Å². The molecule has 0 aliphatic rings. The molecule has 2 heterocycles. The van der Waals surface area contributed by atoms with Crippen LogP contribution in [0.25, 0.3) is 0 Å². The van der Waals surface area contributed by atoms with Gasteiger partial charge in [-0.3, -0.25) is 4.98 Å². The Morgan fingerprint density at radius 1 is 1.35 bits per heavy atom. The maximum atomic E-state index is 4.26. The molecule has 0 radical (unpaired) electrons. The minimum absolute atomic E-state index is 0.665. The van der Waals surface area contributed by atoms with E-state index in [2.05, 4.69) is 59.0 Å². The summed E-state index contributed by atoms with van der Waals surface area (Å²) in [5, 5.41) is 7.82. The molecule has 20 heavy (non-hydrogen) atoms. The number of aromatic nitrogens is 1. The molecule has 0 fully saturated rings. The number of thiophene rings is 1. The molecule has 2 aromatic heterocycles. The number of hydrogen-bond acceptors (Lipinski definition) is 4. The molecule has 0 aliphatic carbocycles. The van der Waals surface area contributed by atoms with E-state index in [1.165, 1.54) is 16.8 Å². The average molecular weight is 289 g/mol. The van der Waals surface area contributed by atoms with Gasteiger partial charge >= 0.3 is 0 Å². The third-order valence-corrected chi connectivity index (χ3v) is 3.89. The Morgan fingerprint density at radius 2 is 2.20 bits per heavy atom. The number of rotatable bonds is 7. The third-order valence-electron chi connectivity index (χ3n) is 3.16. The molecule has 2 rings (SSSR count). The SMILES string of the molecule is CC(C)CNCc1cnccc1N(C)Cc1ccsc1. The fraction of sp³-hybridized carbons (Fsp3) is 0.438. The van der Waals surface area contributed by atoms with Crippen LogP contribution in [0.15, 0.2) is 35.3 Å². The van der Waals surface area contributed by atoms with Crippen LogP contribution in [0.2, 0.25) is 0 Å². The van der Waals surface area contributed by atoms with E-state index in [4.69, 9.17) is 0 Å². The van der Waals surface area contributed by atoms with E-state index >= 15 is 0 Å². The van der Waals surface area contributed by atoms with E-state index in [0.717, 1.165) is 19.6 Å². The van der Waals surface area contributed by atoms with Crippen molar-refractivity contribution in [3.8, 4) is 0 Å². The van der Waals surface area contributed by atoms with Crippen molar-refractivity contribution in [1.29, 1.82) is 0 Å². The molecule has 4 heteroatoms. The van der Waals surface area contributed by atoms with Gasteiger partial charge in [0.1, 0.15) is 0 Å². The van der Waals surface area contributed by atoms with Crippen LogP contribution in [-0.4, -0.2) is 18.6 Å². The molecule has 0 saturated heterocycles. The van der Waals surface area contributed by atoms with Gasteiger partial charge in [0.05, 0.1) is 0 Å². The molecule has 0 atom stereocenters. The number of nitrogens with zero attached hydrogens (tertiary/aromatic N) is 2. The highest BCUT2D eigenvalue weighted by Crippen LogP contribution is 2.20. The number of hydrogen-bond donors (Lipinski definition) is 1.